The highest BCUT2D eigenvalue weighted by molar-refractivity contribution is 7.19. The van der Waals surface area contributed by atoms with Crippen LogP contribution in [0.1, 0.15) is 5.01 Å². The summed E-state index contributed by atoms with van der Waals surface area (Å²) < 4.78 is 41.1. The van der Waals surface area contributed by atoms with E-state index >= 15 is 0 Å². The average Bonchev–Trinajstić information content (AvgIpc) is 2.80. The van der Waals surface area contributed by atoms with Crippen molar-refractivity contribution >= 4 is 38.7 Å². The molecule has 1 N–H and O–H groups in total. The molecule has 0 amide bonds. The summed E-state index contributed by atoms with van der Waals surface area (Å²) in [6.07, 6.45) is -1.15. The number of hydrogen-bond donors (Lipinski definition) is 1. The molecular weight excluding hydrogens is 325 g/mol. The van der Waals surface area contributed by atoms with Gasteiger partial charge in [-0.05, 0) is 18.2 Å². The fourth-order valence-corrected chi connectivity index (χ4v) is 3.24. The van der Waals surface area contributed by atoms with Gasteiger partial charge in [-0.15, -0.1) is 24.5 Å². The fourth-order valence-electron chi connectivity index (χ4n) is 1.89. The van der Waals surface area contributed by atoms with E-state index in [0.717, 1.165) is 5.57 Å². The van der Waals surface area contributed by atoms with Crippen LogP contribution in [0, 0.1) is 0 Å². The van der Waals surface area contributed by atoms with Crippen molar-refractivity contribution in [1.29, 1.82) is 0 Å². The molecule has 3 nitrogen and oxygen atoms in total. The largest absolute Gasteiger partial charge is 0.573 e. The molecule has 0 unspecified atom stereocenters. The number of halogens is 4. The lowest BCUT2D eigenvalue weighted by Gasteiger charge is -2.09. The molecule has 0 bridgehead atoms. The zero-order chi connectivity index (χ0) is 15.0. The minimum Gasteiger partial charge on any atom is -0.406 e. The highest BCUT2D eigenvalue weighted by Gasteiger charge is 2.31. The minimum atomic E-state index is -4.70. The third kappa shape index (κ3) is 3.14. The number of aromatic nitrogens is 1. The average molecular weight is 333 g/mol. The summed E-state index contributed by atoms with van der Waals surface area (Å²) in [5, 5.41) is 4.15. The summed E-state index contributed by atoms with van der Waals surface area (Å²) in [7, 11) is 0. The highest BCUT2D eigenvalue weighted by Crippen LogP contribution is 2.35. The maximum absolute atomic E-state index is 12.2. The second kappa shape index (κ2) is 5.23. The number of ether oxygens (including phenoxy) is 1. The number of nitrogens with one attached hydrogen (secondary N) is 1. The number of hydrogen-bond acceptors (Lipinski definition) is 4. The van der Waals surface area contributed by atoms with E-state index in [1.165, 1.54) is 29.5 Å². The number of nitrogens with zero attached hydrogens (tertiary/aromatic N) is 1. The molecule has 110 valence electrons. The molecule has 0 aliphatic carbocycles. The van der Waals surface area contributed by atoms with Gasteiger partial charge in [0.2, 0.25) is 0 Å². The molecule has 0 atom stereocenters. The number of rotatable bonds is 2. The van der Waals surface area contributed by atoms with Crippen LogP contribution in [0.3, 0.4) is 0 Å². The van der Waals surface area contributed by atoms with Gasteiger partial charge >= 0.3 is 6.36 Å². The van der Waals surface area contributed by atoms with E-state index in [-0.39, 0.29) is 5.75 Å². The van der Waals surface area contributed by atoms with Gasteiger partial charge in [0.05, 0.1) is 15.2 Å². The van der Waals surface area contributed by atoms with Gasteiger partial charge < -0.3 is 10.1 Å². The molecule has 3 rings (SSSR count). The van der Waals surface area contributed by atoms with Crippen molar-refractivity contribution < 1.29 is 17.9 Å². The van der Waals surface area contributed by atoms with Crippen LogP contribution >= 0.6 is 22.9 Å². The number of thiazole rings is 1. The Balaban J connectivity index is 1.97. The van der Waals surface area contributed by atoms with Crippen molar-refractivity contribution in [3.63, 3.8) is 0 Å². The Hall–Kier alpha value is -1.73. The zero-order valence-electron chi connectivity index (χ0n) is 10.4. The minimum absolute atomic E-state index is 0.258. The number of dihydropyridines is 1. The lowest BCUT2D eigenvalue weighted by molar-refractivity contribution is -0.274. The molecule has 2 heterocycles. The van der Waals surface area contributed by atoms with Gasteiger partial charge in [0.1, 0.15) is 10.8 Å². The molecule has 2 aromatic rings. The molecule has 1 aromatic heterocycles. The highest BCUT2D eigenvalue weighted by atomic mass is 35.5. The standard InChI is InChI=1S/C13H8ClF3N2OS/c14-9-6-18-4-3-8(9)12-19-10-2-1-7(5-11(10)21-12)20-13(15,16)17/h1-3,5-6,18H,4H2. The van der Waals surface area contributed by atoms with Crippen molar-refractivity contribution in [2.24, 2.45) is 0 Å². The molecule has 1 aromatic carbocycles. The number of fused-ring (bicyclic) bond motifs is 1. The van der Waals surface area contributed by atoms with Crippen LogP contribution in [0.4, 0.5) is 13.2 Å². The number of benzene rings is 1. The molecule has 21 heavy (non-hydrogen) atoms. The summed E-state index contributed by atoms with van der Waals surface area (Å²) in [4.78, 5) is 4.38. The molecule has 8 heteroatoms. The predicted octanol–water partition coefficient (Wildman–Crippen LogP) is 4.26. The second-order valence-electron chi connectivity index (χ2n) is 4.21. The molecular formula is C13H8ClF3N2OS. The Labute approximate surface area is 126 Å². The Morgan fingerprint density at radius 1 is 1.33 bits per heavy atom. The Bertz CT molecular complexity index is 751. The van der Waals surface area contributed by atoms with Crippen LogP contribution in [0.15, 0.2) is 35.5 Å². The normalized spacial score (nSPS) is 15.4. The van der Waals surface area contributed by atoms with E-state index in [4.69, 9.17) is 11.6 Å². The van der Waals surface area contributed by atoms with E-state index in [2.05, 4.69) is 15.0 Å². The quantitative estimate of drug-likeness (QED) is 0.892. The van der Waals surface area contributed by atoms with Gasteiger partial charge in [-0.25, -0.2) is 4.98 Å². The first kappa shape index (κ1) is 14.2. The van der Waals surface area contributed by atoms with Crippen LogP contribution < -0.4 is 10.1 Å². The van der Waals surface area contributed by atoms with Crippen LogP contribution in [0.25, 0.3) is 15.8 Å². The number of alkyl halides is 3. The van der Waals surface area contributed by atoms with Crippen molar-refractivity contribution in [3.8, 4) is 5.75 Å². The Morgan fingerprint density at radius 2 is 2.14 bits per heavy atom. The molecule has 1 aliphatic rings. The smallest absolute Gasteiger partial charge is 0.406 e. The maximum atomic E-state index is 12.2. The van der Waals surface area contributed by atoms with Gasteiger partial charge in [0, 0.05) is 18.3 Å². The SMILES string of the molecule is FC(F)(F)Oc1ccc2nc(C3=CCNC=C3Cl)sc2c1. The fraction of sp³-hybridized carbons (Fsp3) is 0.154. The molecule has 0 fully saturated rings. The topological polar surface area (TPSA) is 34.1 Å². The third-order valence-corrected chi connectivity index (χ3v) is 4.10. The second-order valence-corrected chi connectivity index (χ2v) is 5.65. The molecule has 0 saturated carbocycles. The van der Waals surface area contributed by atoms with Crippen LogP contribution in [0.2, 0.25) is 0 Å². The molecule has 1 aliphatic heterocycles. The van der Waals surface area contributed by atoms with Gasteiger partial charge in [-0.1, -0.05) is 17.7 Å². The maximum Gasteiger partial charge on any atom is 0.573 e. The first-order valence-electron chi connectivity index (χ1n) is 5.89. The monoisotopic (exact) mass is 332 g/mol. The van der Waals surface area contributed by atoms with E-state index < -0.39 is 6.36 Å². The molecule has 0 spiro atoms. The summed E-state index contributed by atoms with van der Waals surface area (Å²) >= 11 is 7.35. The summed E-state index contributed by atoms with van der Waals surface area (Å²) in [5.41, 5.74) is 1.38. The molecule has 0 radical (unpaired) electrons. The van der Waals surface area contributed by atoms with Crippen molar-refractivity contribution in [2.45, 2.75) is 6.36 Å². The van der Waals surface area contributed by atoms with E-state index in [9.17, 15) is 13.2 Å². The van der Waals surface area contributed by atoms with Crippen molar-refractivity contribution in [2.75, 3.05) is 6.54 Å². The lowest BCUT2D eigenvalue weighted by atomic mass is 10.2. The third-order valence-electron chi connectivity index (χ3n) is 2.73. The first-order chi connectivity index (χ1) is 9.92. The van der Waals surface area contributed by atoms with Crippen molar-refractivity contribution in [1.82, 2.24) is 10.3 Å². The Kier molecular flexibility index (Phi) is 3.54. The molecule has 0 saturated heterocycles. The Morgan fingerprint density at radius 3 is 2.86 bits per heavy atom. The van der Waals surface area contributed by atoms with E-state index in [1.54, 1.807) is 6.20 Å². The van der Waals surface area contributed by atoms with Crippen LogP contribution in [-0.2, 0) is 0 Å². The van der Waals surface area contributed by atoms with E-state index in [0.29, 0.717) is 26.8 Å². The summed E-state index contributed by atoms with van der Waals surface area (Å²) in [5.74, 6) is -0.258. The predicted molar refractivity (Wildman–Crippen MR) is 76.2 cm³/mol. The van der Waals surface area contributed by atoms with Crippen molar-refractivity contribution in [3.05, 3.63) is 40.5 Å². The van der Waals surface area contributed by atoms with Crippen LogP contribution in [-0.4, -0.2) is 17.9 Å². The van der Waals surface area contributed by atoms with Gasteiger partial charge in [0.15, 0.2) is 0 Å². The number of allylic oxidation sites excluding steroid dienone is 2. The zero-order valence-corrected chi connectivity index (χ0v) is 11.9. The summed E-state index contributed by atoms with van der Waals surface area (Å²) in [6, 6.07) is 4.06. The van der Waals surface area contributed by atoms with Crippen LogP contribution in [0.5, 0.6) is 5.75 Å². The first-order valence-corrected chi connectivity index (χ1v) is 7.08. The van der Waals surface area contributed by atoms with E-state index in [1.807, 2.05) is 6.08 Å². The summed E-state index contributed by atoms with van der Waals surface area (Å²) in [6.45, 7) is 0.629. The van der Waals surface area contributed by atoms with Gasteiger partial charge in [-0.2, -0.15) is 0 Å². The van der Waals surface area contributed by atoms with Gasteiger partial charge in [-0.3, -0.25) is 0 Å². The van der Waals surface area contributed by atoms with Gasteiger partial charge in [0.25, 0.3) is 0 Å². The lowest BCUT2D eigenvalue weighted by Crippen LogP contribution is -2.16.